The molecule has 4 rings (SSSR count). The molecule has 2 atom stereocenters. The van der Waals surface area contributed by atoms with E-state index >= 15 is 0 Å². The summed E-state index contributed by atoms with van der Waals surface area (Å²) in [6.45, 7) is 3.45. The van der Waals surface area contributed by atoms with Crippen molar-refractivity contribution in [1.82, 2.24) is 14.5 Å². The molecule has 8 heteroatoms. The second-order valence-corrected chi connectivity index (χ2v) is 10.2. The largest absolute Gasteiger partial charge is 0.338 e. The molecule has 1 saturated carbocycles. The van der Waals surface area contributed by atoms with Crippen LogP contribution in [0.4, 0.5) is 0 Å². The zero-order valence-electron chi connectivity index (χ0n) is 16.3. The summed E-state index contributed by atoms with van der Waals surface area (Å²) in [5, 5.41) is 3.37. The lowest BCUT2D eigenvalue weighted by Gasteiger charge is -2.30. The quantitative estimate of drug-likeness (QED) is 0.800. The zero-order valence-corrected chi connectivity index (χ0v) is 18.0. The Hall–Kier alpha value is -1.15. The summed E-state index contributed by atoms with van der Waals surface area (Å²) in [6, 6.07) is 6.65. The highest BCUT2D eigenvalue weighted by molar-refractivity contribution is 7.89. The van der Waals surface area contributed by atoms with E-state index in [4.69, 9.17) is 0 Å². The number of halogens is 1. The first-order chi connectivity index (χ1) is 13.0. The molecule has 6 nitrogen and oxygen atoms in total. The first kappa shape index (κ1) is 21.6. The molecule has 1 amide bonds. The van der Waals surface area contributed by atoms with Gasteiger partial charge >= 0.3 is 0 Å². The number of hydrogen-bond donors (Lipinski definition) is 1. The van der Waals surface area contributed by atoms with Gasteiger partial charge < -0.3 is 10.2 Å². The Bertz CT molecular complexity index is 799. The number of carbonyl (C=O) groups excluding carboxylic acids is 1. The van der Waals surface area contributed by atoms with E-state index in [1.165, 1.54) is 10.7 Å². The van der Waals surface area contributed by atoms with E-state index in [1.54, 1.807) is 31.3 Å². The maximum atomic E-state index is 13.1. The van der Waals surface area contributed by atoms with Gasteiger partial charge in [0, 0.05) is 44.8 Å². The highest BCUT2D eigenvalue weighted by atomic mass is 35.5. The lowest BCUT2D eigenvalue weighted by molar-refractivity contribution is 0.0781. The number of amides is 1. The summed E-state index contributed by atoms with van der Waals surface area (Å²) in [5.74, 6) is 0.998. The number of likely N-dealkylation sites (tertiary alicyclic amines) is 1. The summed E-state index contributed by atoms with van der Waals surface area (Å²) in [7, 11) is -1.91. The number of carbonyl (C=O) groups is 1. The van der Waals surface area contributed by atoms with E-state index in [0.29, 0.717) is 17.4 Å². The van der Waals surface area contributed by atoms with Crippen molar-refractivity contribution in [2.75, 3.05) is 33.2 Å². The minimum atomic E-state index is -3.58. The van der Waals surface area contributed by atoms with Gasteiger partial charge in [-0.15, -0.1) is 12.4 Å². The highest BCUT2D eigenvalue weighted by Gasteiger charge is 2.38. The smallest absolute Gasteiger partial charge is 0.253 e. The van der Waals surface area contributed by atoms with Crippen molar-refractivity contribution in [3.63, 3.8) is 0 Å². The molecule has 1 aliphatic carbocycles. The minimum absolute atomic E-state index is 0. The van der Waals surface area contributed by atoms with Crippen LogP contribution in [0, 0.1) is 11.8 Å². The molecule has 2 heterocycles. The molecule has 1 aromatic carbocycles. The molecule has 2 aliphatic heterocycles. The van der Waals surface area contributed by atoms with Gasteiger partial charge in [-0.25, -0.2) is 8.42 Å². The lowest BCUT2D eigenvalue weighted by Crippen LogP contribution is -2.38. The normalized spacial score (nSPS) is 25.6. The molecule has 28 heavy (non-hydrogen) atoms. The van der Waals surface area contributed by atoms with Crippen LogP contribution in [-0.4, -0.2) is 62.8 Å². The van der Waals surface area contributed by atoms with Gasteiger partial charge in [0.05, 0.1) is 4.90 Å². The molecule has 0 spiro atoms. The third kappa shape index (κ3) is 4.08. The Morgan fingerprint density at radius 2 is 1.75 bits per heavy atom. The van der Waals surface area contributed by atoms with Crippen molar-refractivity contribution >= 4 is 28.3 Å². The van der Waals surface area contributed by atoms with Crippen molar-refractivity contribution in [2.45, 2.75) is 43.0 Å². The molecule has 0 aromatic heterocycles. The second kappa shape index (κ2) is 8.69. The fourth-order valence-corrected chi connectivity index (χ4v) is 6.26. The molecule has 3 fully saturated rings. The van der Waals surface area contributed by atoms with Gasteiger partial charge in [0.1, 0.15) is 0 Å². The molecular weight excluding hydrogens is 398 g/mol. The molecule has 2 saturated heterocycles. The van der Waals surface area contributed by atoms with Gasteiger partial charge in [-0.3, -0.25) is 4.79 Å². The minimum Gasteiger partial charge on any atom is -0.338 e. The Balaban J connectivity index is 0.00000225. The summed E-state index contributed by atoms with van der Waals surface area (Å²) in [6.07, 6.45) is 5.17. The standard InChI is InChI=1S/C20H29N3O3S.ClH/c1-22(18-7-3-2-4-8-18)27(25,26)19-9-5-6-15(10-19)20(24)23-13-16-11-21-12-17(16)14-23;/h5-6,9-10,16-18,21H,2-4,7-8,11-14H2,1H3;1H/t16-,17+;. The Labute approximate surface area is 174 Å². The number of sulfonamides is 1. The molecule has 1 aromatic rings. The fourth-order valence-electron chi connectivity index (χ4n) is 4.80. The van der Waals surface area contributed by atoms with Crippen LogP contribution >= 0.6 is 12.4 Å². The molecule has 0 unspecified atom stereocenters. The molecular formula is C20H30ClN3O3S. The van der Waals surface area contributed by atoms with Crippen LogP contribution in [0.3, 0.4) is 0 Å². The summed E-state index contributed by atoms with van der Waals surface area (Å²) in [5.41, 5.74) is 0.473. The Morgan fingerprint density at radius 1 is 1.11 bits per heavy atom. The third-order valence-corrected chi connectivity index (χ3v) is 8.43. The topological polar surface area (TPSA) is 69.7 Å². The van der Waals surface area contributed by atoms with E-state index in [1.807, 2.05) is 4.90 Å². The van der Waals surface area contributed by atoms with Gasteiger partial charge in [0.15, 0.2) is 0 Å². The zero-order chi connectivity index (χ0) is 19.0. The summed E-state index contributed by atoms with van der Waals surface area (Å²) < 4.78 is 27.7. The van der Waals surface area contributed by atoms with Gasteiger partial charge in [0.2, 0.25) is 10.0 Å². The third-order valence-electron chi connectivity index (χ3n) is 6.52. The monoisotopic (exact) mass is 427 g/mol. The summed E-state index contributed by atoms with van der Waals surface area (Å²) in [4.78, 5) is 15.0. The summed E-state index contributed by atoms with van der Waals surface area (Å²) >= 11 is 0. The fraction of sp³-hybridized carbons (Fsp3) is 0.650. The molecule has 3 aliphatic rings. The maximum Gasteiger partial charge on any atom is 0.253 e. The van der Waals surface area contributed by atoms with E-state index in [-0.39, 0.29) is 29.3 Å². The number of nitrogens with zero attached hydrogens (tertiary/aromatic N) is 2. The van der Waals surface area contributed by atoms with E-state index in [0.717, 1.165) is 51.9 Å². The van der Waals surface area contributed by atoms with Crippen molar-refractivity contribution in [3.8, 4) is 0 Å². The average Bonchev–Trinajstić information content (AvgIpc) is 3.30. The Kier molecular flexibility index (Phi) is 6.69. The SMILES string of the molecule is CN(C1CCCCC1)S(=O)(=O)c1cccc(C(=O)N2C[C@H]3CNC[C@H]3C2)c1.Cl. The number of hydrogen-bond acceptors (Lipinski definition) is 4. The first-order valence-corrected chi connectivity index (χ1v) is 11.5. The predicted molar refractivity (Wildman–Crippen MR) is 111 cm³/mol. The van der Waals surface area contributed by atoms with E-state index in [9.17, 15) is 13.2 Å². The van der Waals surface area contributed by atoms with E-state index in [2.05, 4.69) is 5.32 Å². The Morgan fingerprint density at radius 3 is 2.39 bits per heavy atom. The van der Waals surface area contributed by atoms with Crippen LogP contribution in [0.15, 0.2) is 29.2 Å². The van der Waals surface area contributed by atoms with Gasteiger partial charge in [-0.1, -0.05) is 25.3 Å². The van der Waals surface area contributed by atoms with Gasteiger partial charge in [-0.05, 0) is 42.9 Å². The van der Waals surface area contributed by atoms with Crippen LogP contribution < -0.4 is 5.32 Å². The molecule has 1 N–H and O–H groups in total. The number of fused-ring (bicyclic) bond motifs is 1. The van der Waals surface area contributed by atoms with E-state index < -0.39 is 10.0 Å². The average molecular weight is 428 g/mol. The lowest BCUT2D eigenvalue weighted by atomic mass is 9.96. The van der Waals surface area contributed by atoms with Crippen molar-refractivity contribution in [3.05, 3.63) is 29.8 Å². The predicted octanol–water partition coefficient (Wildman–Crippen LogP) is 2.35. The first-order valence-electron chi connectivity index (χ1n) is 10.0. The van der Waals surface area contributed by atoms with Gasteiger partial charge in [-0.2, -0.15) is 4.31 Å². The number of rotatable bonds is 4. The van der Waals surface area contributed by atoms with Crippen LogP contribution in [0.25, 0.3) is 0 Å². The van der Waals surface area contributed by atoms with Crippen LogP contribution in [-0.2, 0) is 10.0 Å². The van der Waals surface area contributed by atoms with Crippen molar-refractivity contribution in [1.29, 1.82) is 0 Å². The van der Waals surface area contributed by atoms with Crippen LogP contribution in [0.2, 0.25) is 0 Å². The molecule has 156 valence electrons. The number of nitrogens with one attached hydrogen (secondary N) is 1. The maximum absolute atomic E-state index is 13.1. The van der Waals surface area contributed by atoms with Crippen LogP contribution in [0.1, 0.15) is 42.5 Å². The van der Waals surface area contributed by atoms with Crippen molar-refractivity contribution in [2.24, 2.45) is 11.8 Å². The molecule has 0 radical (unpaired) electrons. The second-order valence-electron chi connectivity index (χ2n) is 8.23. The molecule has 0 bridgehead atoms. The van der Waals surface area contributed by atoms with Crippen LogP contribution in [0.5, 0.6) is 0 Å². The van der Waals surface area contributed by atoms with Crippen molar-refractivity contribution < 1.29 is 13.2 Å². The van der Waals surface area contributed by atoms with Gasteiger partial charge in [0.25, 0.3) is 5.91 Å². The highest BCUT2D eigenvalue weighted by Crippen LogP contribution is 2.29. The number of benzene rings is 1.